The molecule has 0 bridgehead atoms. The highest BCUT2D eigenvalue weighted by Gasteiger charge is 2.62. The van der Waals surface area contributed by atoms with Gasteiger partial charge in [-0.3, -0.25) is 24.3 Å². The van der Waals surface area contributed by atoms with Gasteiger partial charge in [-0.05, 0) is 30.7 Å². The fourth-order valence-corrected chi connectivity index (χ4v) is 5.94. The van der Waals surface area contributed by atoms with Crippen LogP contribution in [0.2, 0.25) is 5.02 Å². The van der Waals surface area contributed by atoms with Crippen molar-refractivity contribution in [1.82, 2.24) is 15.6 Å². The van der Waals surface area contributed by atoms with Crippen LogP contribution in [0.4, 0.5) is 18.9 Å². The maximum absolute atomic E-state index is 14.2. The molecule has 2 atom stereocenters. The van der Waals surface area contributed by atoms with E-state index < -0.39 is 41.1 Å². The number of hydrogen-bond acceptors (Lipinski definition) is 4. The molecule has 1 unspecified atom stereocenters. The number of hydrogen-bond donors (Lipinski definition) is 2. The van der Waals surface area contributed by atoms with Crippen LogP contribution in [0.15, 0.2) is 42.7 Å². The summed E-state index contributed by atoms with van der Waals surface area (Å²) in [5, 5.41) is 5.68. The molecule has 0 radical (unpaired) electrons. The monoisotopic (exact) mass is 520 g/mol. The fourth-order valence-electron chi connectivity index (χ4n) is 5.70. The zero-order valence-corrected chi connectivity index (χ0v) is 19.9. The number of anilines is 1. The van der Waals surface area contributed by atoms with Gasteiger partial charge in [0.25, 0.3) is 5.91 Å². The van der Waals surface area contributed by atoms with Gasteiger partial charge < -0.3 is 10.6 Å². The summed E-state index contributed by atoms with van der Waals surface area (Å²) >= 11 is 6.45. The van der Waals surface area contributed by atoms with Crippen molar-refractivity contribution >= 4 is 35.0 Å². The van der Waals surface area contributed by atoms with E-state index in [1.165, 1.54) is 6.20 Å². The largest absolute Gasteiger partial charge is 0.351 e. The number of alkyl halides is 2. The molecule has 5 rings (SSSR count). The first-order chi connectivity index (χ1) is 17.1. The van der Waals surface area contributed by atoms with Crippen LogP contribution >= 0.6 is 11.6 Å². The molecule has 2 saturated carbocycles. The second kappa shape index (κ2) is 9.06. The highest BCUT2D eigenvalue weighted by Crippen LogP contribution is 2.62. The maximum Gasteiger partial charge on any atom is 0.250 e. The first kappa shape index (κ1) is 24.5. The Morgan fingerprint density at radius 1 is 1.19 bits per heavy atom. The van der Waals surface area contributed by atoms with Gasteiger partial charge in [0.15, 0.2) is 0 Å². The fraction of sp³-hybridized carbons (Fsp3) is 0.440. The summed E-state index contributed by atoms with van der Waals surface area (Å²) in [6.07, 6.45) is 3.02. The molecule has 1 aromatic carbocycles. The van der Waals surface area contributed by atoms with Crippen molar-refractivity contribution < 1.29 is 27.6 Å². The van der Waals surface area contributed by atoms with Gasteiger partial charge in [0.1, 0.15) is 17.9 Å². The van der Waals surface area contributed by atoms with E-state index in [4.69, 9.17) is 11.6 Å². The average Bonchev–Trinajstić information content (AvgIpc) is 3.21. The number of nitrogens with one attached hydrogen (secondary N) is 2. The molecule has 3 amide bonds. The number of rotatable bonds is 6. The summed E-state index contributed by atoms with van der Waals surface area (Å²) < 4.78 is 41.0. The Balaban J connectivity index is 1.48. The first-order valence-electron chi connectivity index (χ1n) is 11.7. The average molecular weight is 521 g/mol. The maximum atomic E-state index is 14.2. The third-order valence-electron chi connectivity index (χ3n) is 7.18. The Kier molecular flexibility index (Phi) is 6.18. The van der Waals surface area contributed by atoms with Crippen molar-refractivity contribution in [2.75, 3.05) is 4.90 Å². The quantitative estimate of drug-likeness (QED) is 0.604. The number of aromatic nitrogens is 1. The van der Waals surface area contributed by atoms with Gasteiger partial charge in [-0.15, -0.1) is 0 Å². The van der Waals surface area contributed by atoms with E-state index in [1.54, 1.807) is 24.3 Å². The van der Waals surface area contributed by atoms with Gasteiger partial charge in [0, 0.05) is 42.0 Å². The molecule has 11 heteroatoms. The second-order valence-electron chi connectivity index (χ2n) is 9.98. The van der Waals surface area contributed by atoms with Crippen molar-refractivity contribution in [2.24, 2.45) is 5.41 Å². The third kappa shape index (κ3) is 4.66. The number of pyridine rings is 1. The Morgan fingerprint density at radius 3 is 2.53 bits per heavy atom. The van der Waals surface area contributed by atoms with E-state index in [2.05, 4.69) is 15.6 Å². The third-order valence-corrected chi connectivity index (χ3v) is 7.52. The van der Waals surface area contributed by atoms with Gasteiger partial charge in [0.05, 0.1) is 18.1 Å². The lowest BCUT2D eigenvalue weighted by Crippen LogP contribution is -2.61. The lowest BCUT2D eigenvalue weighted by Gasteiger charge is -2.57. The summed E-state index contributed by atoms with van der Waals surface area (Å²) in [4.78, 5) is 44.2. The van der Waals surface area contributed by atoms with Crippen LogP contribution in [-0.4, -0.2) is 40.7 Å². The lowest BCUT2D eigenvalue weighted by molar-refractivity contribution is -0.198. The van der Waals surface area contributed by atoms with Gasteiger partial charge in [-0.1, -0.05) is 29.8 Å². The highest BCUT2D eigenvalue weighted by atomic mass is 35.5. The van der Waals surface area contributed by atoms with E-state index in [1.807, 2.05) is 0 Å². The summed E-state index contributed by atoms with van der Waals surface area (Å²) in [6.45, 7) is 0. The van der Waals surface area contributed by atoms with Crippen LogP contribution in [0, 0.1) is 11.2 Å². The molecule has 36 heavy (non-hydrogen) atoms. The van der Waals surface area contributed by atoms with Crippen LogP contribution in [0.25, 0.3) is 0 Å². The van der Waals surface area contributed by atoms with Crippen LogP contribution in [-0.2, 0) is 14.4 Å². The molecule has 7 nitrogen and oxygen atoms in total. The van der Waals surface area contributed by atoms with Crippen LogP contribution in [0.5, 0.6) is 0 Å². The minimum atomic E-state index is -2.66. The Bertz CT molecular complexity index is 1210. The number of amides is 3. The molecule has 190 valence electrons. The normalized spacial score (nSPS) is 22.8. The summed E-state index contributed by atoms with van der Waals surface area (Å²) in [6, 6.07) is 4.98. The molecule has 1 saturated heterocycles. The molecular weight excluding hydrogens is 497 g/mol. The van der Waals surface area contributed by atoms with E-state index in [0.29, 0.717) is 18.4 Å². The number of halogens is 4. The Morgan fingerprint density at radius 2 is 1.92 bits per heavy atom. The number of carbonyl (C=O) groups excluding carboxylic acids is 3. The number of nitrogens with zero attached hydrogens (tertiary/aromatic N) is 2. The standard InChI is InChI=1S/C25H24ClF3N4O3/c26-18-4-2-1-3-17(18)21(22(35)31-15-8-24(9-15)12-25(28,29)13-24)33(16-7-14(27)10-30-11-16)23(36)19-5-6-20(34)32-19/h1-4,7,10-11,15,19,21H,5-6,8-9,12-13H2,(H,31,35)(H,32,34)/t19-,21?/m0/s1. The molecule has 2 aromatic rings. The Hall–Kier alpha value is -3.14. The highest BCUT2D eigenvalue weighted by molar-refractivity contribution is 6.31. The van der Waals surface area contributed by atoms with Gasteiger partial charge in [-0.25, -0.2) is 13.2 Å². The molecule has 1 aliphatic heterocycles. The topological polar surface area (TPSA) is 91.4 Å². The summed E-state index contributed by atoms with van der Waals surface area (Å²) in [5.74, 6) is -4.88. The summed E-state index contributed by atoms with van der Waals surface area (Å²) in [5.41, 5.74) is -0.148. The van der Waals surface area contributed by atoms with Crippen LogP contribution < -0.4 is 15.5 Å². The smallest absolute Gasteiger partial charge is 0.250 e. The van der Waals surface area contributed by atoms with E-state index in [-0.39, 0.29) is 48.3 Å². The summed E-state index contributed by atoms with van der Waals surface area (Å²) in [7, 11) is 0. The SMILES string of the molecule is O=C1CC[C@@H](C(=O)N(c2cncc(F)c2)C(C(=O)NC2CC3(C2)CC(F)(F)C3)c2ccccc2Cl)N1. The number of carbonyl (C=O) groups is 3. The van der Waals surface area contributed by atoms with E-state index in [9.17, 15) is 27.6 Å². The predicted octanol–water partition coefficient (Wildman–Crippen LogP) is 3.92. The molecule has 2 N–H and O–H groups in total. The first-order valence-corrected chi connectivity index (χ1v) is 12.1. The van der Waals surface area contributed by atoms with Gasteiger partial charge in [-0.2, -0.15) is 0 Å². The Labute approximate surface area is 210 Å². The molecule has 1 aromatic heterocycles. The minimum absolute atomic E-state index is 0.0185. The molecule has 2 heterocycles. The van der Waals surface area contributed by atoms with Gasteiger partial charge in [0.2, 0.25) is 17.7 Å². The van der Waals surface area contributed by atoms with Crippen LogP contribution in [0.3, 0.4) is 0 Å². The minimum Gasteiger partial charge on any atom is -0.351 e. The van der Waals surface area contributed by atoms with E-state index in [0.717, 1.165) is 17.2 Å². The molecule has 3 fully saturated rings. The lowest BCUT2D eigenvalue weighted by atomic mass is 9.52. The van der Waals surface area contributed by atoms with Crippen LogP contribution in [0.1, 0.15) is 50.1 Å². The van der Waals surface area contributed by atoms with Crippen molar-refractivity contribution in [3.8, 4) is 0 Å². The molecule has 1 spiro atoms. The molecule has 2 aliphatic carbocycles. The van der Waals surface area contributed by atoms with Crippen molar-refractivity contribution in [3.63, 3.8) is 0 Å². The van der Waals surface area contributed by atoms with Crippen molar-refractivity contribution in [2.45, 2.75) is 62.6 Å². The zero-order chi connectivity index (χ0) is 25.7. The molecule has 3 aliphatic rings. The van der Waals surface area contributed by atoms with Crippen molar-refractivity contribution in [3.05, 3.63) is 59.1 Å². The second-order valence-corrected chi connectivity index (χ2v) is 10.4. The molecular formula is C25H24ClF3N4O3. The van der Waals surface area contributed by atoms with Crippen molar-refractivity contribution in [1.29, 1.82) is 0 Å². The van der Waals surface area contributed by atoms with Gasteiger partial charge >= 0.3 is 0 Å². The predicted molar refractivity (Wildman–Crippen MR) is 125 cm³/mol. The number of benzene rings is 1. The van der Waals surface area contributed by atoms with E-state index >= 15 is 0 Å². The zero-order valence-electron chi connectivity index (χ0n) is 19.1.